The average molecular weight is 504 g/mol. The third kappa shape index (κ3) is 3.60. The van der Waals surface area contributed by atoms with Crippen LogP contribution in [0.15, 0.2) is 76.5 Å². The van der Waals surface area contributed by atoms with E-state index in [-0.39, 0.29) is 6.03 Å². The Bertz CT molecular complexity index is 1400. The van der Waals surface area contributed by atoms with E-state index in [4.69, 9.17) is 14.5 Å². The summed E-state index contributed by atoms with van der Waals surface area (Å²) < 4.78 is 12.3. The molecule has 1 aromatic heterocycles. The molecule has 9 heteroatoms. The minimum Gasteiger partial charge on any atom is -0.486 e. The number of urea groups is 1. The maximum Gasteiger partial charge on any atom is 0.328 e. The van der Waals surface area contributed by atoms with E-state index in [1.54, 1.807) is 11.2 Å². The molecule has 164 valence electrons. The molecular formula is C24H18BrN5O3. The molecule has 3 heterocycles. The molecule has 1 atom stereocenters. The van der Waals surface area contributed by atoms with Gasteiger partial charge in [-0.05, 0) is 48.0 Å². The van der Waals surface area contributed by atoms with E-state index in [0.717, 1.165) is 26.8 Å². The molecule has 0 aliphatic carbocycles. The average Bonchev–Trinajstić information content (AvgIpc) is 3.43. The van der Waals surface area contributed by atoms with Gasteiger partial charge in [-0.3, -0.25) is 10.2 Å². The molecule has 2 aliphatic rings. The summed E-state index contributed by atoms with van der Waals surface area (Å²) in [6, 6.07) is 18.4. The molecule has 1 unspecified atom stereocenters. The first kappa shape index (κ1) is 19.8. The van der Waals surface area contributed by atoms with Crippen molar-refractivity contribution >= 4 is 50.2 Å². The monoisotopic (exact) mass is 503 g/mol. The summed E-state index contributed by atoms with van der Waals surface area (Å²) in [5.41, 5.74) is 4.01. The van der Waals surface area contributed by atoms with Crippen LogP contribution in [-0.2, 0) is 0 Å². The molecule has 0 radical (unpaired) electrons. The number of aromatic amines is 1. The second-order valence-corrected chi connectivity index (χ2v) is 8.60. The highest BCUT2D eigenvalue weighted by molar-refractivity contribution is 9.10. The fourth-order valence-corrected chi connectivity index (χ4v) is 4.36. The summed E-state index contributed by atoms with van der Waals surface area (Å²) in [7, 11) is 0. The smallest absolute Gasteiger partial charge is 0.328 e. The summed E-state index contributed by atoms with van der Waals surface area (Å²) >= 11 is 3.49. The lowest BCUT2D eigenvalue weighted by atomic mass is 10.0. The predicted octanol–water partition coefficient (Wildman–Crippen LogP) is 5.10. The summed E-state index contributed by atoms with van der Waals surface area (Å²) in [6.07, 6.45) is 1.64. The summed E-state index contributed by atoms with van der Waals surface area (Å²) in [5.74, 6) is 1.87. The number of ether oxygens (including phenoxy) is 2. The molecule has 2 aliphatic heterocycles. The standard InChI is InChI=1S/C24H18BrN5O3/c25-15-3-1-14(2-4-15)22-23(28-16-5-8-20-21(11-16)33-10-9-32-20)29-24(31)30(22)17-6-7-18-19(12-17)27-13-26-18/h1-8,11-13,22H,9-10H2,(H,26,27)(H,28,29,31). The van der Waals surface area contributed by atoms with Crippen molar-refractivity contribution in [2.75, 3.05) is 18.1 Å². The van der Waals surface area contributed by atoms with Crippen LogP contribution in [0, 0.1) is 0 Å². The van der Waals surface area contributed by atoms with Gasteiger partial charge < -0.3 is 14.5 Å². The van der Waals surface area contributed by atoms with Crippen molar-refractivity contribution in [1.82, 2.24) is 15.3 Å². The van der Waals surface area contributed by atoms with Crippen molar-refractivity contribution < 1.29 is 14.3 Å². The molecule has 1 fully saturated rings. The maximum absolute atomic E-state index is 13.2. The lowest BCUT2D eigenvalue weighted by Crippen LogP contribution is -2.29. The SMILES string of the molecule is O=C1N/C(=N/c2ccc3c(c2)OCCO3)C(c2ccc(Br)cc2)N1c1ccc2[nH]cnc2c1. The lowest BCUT2D eigenvalue weighted by molar-refractivity contribution is 0.171. The van der Waals surface area contributed by atoms with Crippen LogP contribution in [0.25, 0.3) is 11.0 Å². The van der Waals surface area contributed by atoms with Crippen LogP contribution in [0.2, 0.25) is 0 Å². The number of halogens is 1. The molecule has 2 N–H and O–H groups in total. The van der Waals surface area contributed by atoms with Crippen LogP contribution in [0.3, 0.4) is 0 Å². The van der Waals surface area contributed by atoms with Crippen molar-refractivity contribution in [3.05, 3.63) is 77.0 Å². The van der Waals surface area contributed by atoms with E-state index in [2.05, 4.69) is 31.2 Å². The number of hydrogen-bond donors (Lipinski definition) is 2. The molecule has 4 aromatic rings. The number of benzene rings is 3. The Morgan fingerprint density at radius 2 is 1.82 bits per heavy atom. The first-order valence-corrected chi connectivity index (χ1v) is 11.2. The Balaban J connectivity index is 1.45. The van der Waals surface area contributed by atoms with Gasteiger partial charge in [-0.2, -0.15) is 0 Å². The number of H-pyrrole nitrogens is 1. The van der Waals surface area contributed by atoms with Crippen LogP contribution in [0.1, 0.15) is 11.6 Å². The van der Waals surface area contributed by atoms with Crippen LogP contribution in [-0.4, -0.2) is 35.0 Å². The Hall–Kier alpha value is -3.85. The van der Waals surface area contributed by atoms with Crippen LogP contribution >= 0.6 is 15.9 Å². The van der Waals surface area contributed by atoms with Gasteiger partial charge in [-0.25, -0.2) is 14.8 Å². The van der Waals surface area contributed by atoms with Gasteiger partial charge in [-0.15, -0.1) is 0 Å². The van der Waals surface area contributed by atoms with Gasteiger partial charge in [-0.1, -0.05) is 28.1 Å². The number of carbonyl (C=O) groups excluding carboxylic acids is 1. The van der Waals surface area contributed by atoms with E-state index in [9.17, 15) is 4.79 Å². The summed E-state index contributed by atoms with van der Waals surface area (Å²) in [5, 5.41) is 2.96. The minimum atomic E-state index is -0.435. The fourth-order valence-electron chi connectivity index (χ4n) is 4.10. The number of nitrogens with zero attached hydrogens (tertiary/aromatic N) is 3. The normalized spacial score (nSPS) is 18.7. The molecule has 3 aromatic carbocycles. The Labute approximate surface area is 197 Å². The molecule has 0 spiro atoms. The zero-order valence-electron chi connectivity index (χ0n) is 17.3. The van der Waals surface area contributed by atoms with Crippen LogP contribution in [0.4, 0.5) is 16.2 Å². The molecule has 0 bridgehead atoms. The molecular weight excluding hydrogens is 486 g/mol. The molecule has 2 amide bonds. The third-order valence-electron chi connectivity index (χ3n) is 5.62. The van der Waals surface area contributed by atoms with Gasteiger partial charge >= 0.3 is 6.03 Å². The third-order valence-corrected chi connectivity index (χ3v) is 6.14. The zero-order chi connectivity index (χ0) is 22.4. The highest BCUT2D eigenvalue weighted by atomic mass is 79.9. The Morgan fingerprint density at radius 1 is 1.00 bits per heavy atom. The minimum absolute atomic E-state index is 0.255. The number of carbonyl (C=O) groups is 1. The van der Waals surface area contributed by atoms with Crippen molar-refractivity contribution in [2.24, 2.45) is 4.99 Å². The highest BCUT2D eigenvalue weighted by Crippen LogP contribution is 2.37. The highest BCUT2D eigenvalue weighted by Gasteiger charge is 2.39. The second kappa shape index (κ2) is 7.93. The second-order valence-electron chi connectivity index (χ2n) is 7.68. The molecule has 33 heavy (non-hydrogen) atoms. The molecule has 1 saturated heterocycles. The number of amidine groups is 1. The topological polar surface area (TPSA) is 91.8 Å². The number of rotatable bonds is 3. The van der Waals surface area contributed by atoms with Gasteiger partial charge in [0, 0.05) is 16.2 Å². The number of aromatic nitrogens is 2. The largest absolute Gasteiger partial charge is 0.486 e. The number of nitrogens with one attached hydrogen (secondary N) is 2. The van der Waals surface area contributed by atoms with Crippen LogP contribution < -0.4 is 19.7 Å². The van der Waals surface area contributed by atoms with Crippen molar-refractivity contribution in [3.8, 4) is 11.5 Å². The Kier molecular flexibility index (Phi) is 4.76. The number of hydrogen-bond acceptors (Lipinski definition) is 5. The van der Waals surface area contributed by atoms with E-state index >= 15 is 0 Å². The molecule has 6 rings (SSSR count). The molecule has 8 nitrogen and oxygen atoms in total. The van der Waals surface area contributed by atoms with Gasteiger partial charge in [0.15, 0.2) is 11.5 Å². The zero-order valence-corrected chi connectivity index (χ0v) is 18.9. The van der Waals surface area contributed by atoms with Crippen LogP contribution in [0.5, 0.6) is 11.5 Å². The number of aliphatic imine (C=N–C) groups is 1. The van der Waals surface area contributed by atoms with E-state index < -0.39 is 6.04 Å². The van der Waals surface area contributed by atoms with Gasteiger partial charge in [0.25, 0.3) is 0 Å². The number of imidazole rings is 1. The van der Waals surface area contributed by atoms with Gasteiger partial charge in [0.2, 0.25) is 0 Å². The number of anilines is 1. The predicted molar refractivity (Wildman–Crippen MR) is 129 cm³/mol. The van der Waals surface area contributed by atoms with Crippen molar-refractivity contribution in [3.63, 3.8) is 0 Å². The van der Waals surface area contributed by atoms with E-state index in [1.165, 1.54) is 0 Å². The maximum atomic E-state index is 13.2. The first-order chi connectivity index (χ1) is 16.2. The van der Waals surface area contributed by atoms with Crippen molar-refractivity contribution in [2.45, 2.75) is 6.04 Å². The summed E-state index contributed by atoms with van der Waals surface area (Å²) in [4.78, 5) is 27.1. The number of amides is 2. The molecule has 0 saturated carbocycles. The quantitative estimate of drug-likeness (QED) is 0.406. The Morgan fingerprint density at radius 3 is 2.67 bits per heavy atom. The summed E-state index contributed by atoms with van der Waals surface area (Å²) in [6.45, 7) is 1.02. The van der Waals surface area contributed by atoms with Gasteiger partial charge in [0.1, 0.15) is 25.1 Å². The number of fused-ring (bicyclic) bond motifs is 2. The van der Waals surface area contributed by atoms with Crippen molar-refractivity contribution in [1.29, 1.82) is 0 Å². The first-order valence-electron chi connectivity index (χ1n) is 10.4. The fraction of sp³-hybridized carbons (Fsp3) is 0.125. The van der Waals surface area contributed by atoms with E-state index in [0.29, 0.717) is 36.2 Å². The van der Waals surface area contributed by atoms with E-state index in [1.807, 2.05) is 60.7 Å². The van der Waals surface area contributed by atoms with Gasteiger partial charge in [0.05, 0.1) is 23.0 Å². The lowest BCUT2D eigenvalue weighted by Gasteiger charge is -2.23.